The highest BCUT2D eigenvalue weighted by atomic mass is 16.2. The Morgan fingerprint density at radius 2 is 2.28 bits per heavy atom. The highest BCUT2D eigenvalue weighted by Gasteiger charge is 2.12. The predicted octanol–water partition coefficient (Wildman–Crippen LogP) is 0.224. The molecule has 98 valence electrons. The maximum atomic E-state index is 11.8. The molecule has 1 aromatic rings. The Morgan fingerprint density at radius 1 is 1.56 bits per heavy atom. The molecule has 1 rings (SSSR count). The van der Waals surface area contributed by atoms with E-state index in [1.807, 2.05) is 35.8 Å². The molecule has 6 heteroatoms. The Morgan fingerprint density at radius 3 is 2.83 bits per heavy atom. The van der Waals surface area contributed by atoms with Crippen molar-refractivity contribution in [1.29, 1.82) is 5.26 Å². The SMILES string of the molecule is CN(CC(=O)N(C)CCC#N)Cc1nccn1C. The van der Waals surface area contributed by atoms with Crippen LogP contribution in [-0.4, -0.2) is 52.4 Å². The lowest BCUT2D eigenvalue weighted by molar-refractivity contribution is -0.130. The van der Waals surface area contributed by atoms with Gasteiger partial charge < -0.3 is 9.47 Å². The van der Waals surface area contributed by atoms with Gasteiger partial charge in [-0.1, -0.05) is 0 Å². The molecule has 0 aliphatic carbocycles. The predicted molar refractivity (Wildman–Crippen MR) is 67.4 cm³/mol. The topological polar surface area (TPSA) is 65.2 Å². The Kier molecular flexibility index (Phi) is 5.33. The smallest absolute Gasteiger partial charge is 0.236 e. The van der Waals surface area contributed by atoms with Crippen molar-refractivity contribution in [3.05, 3.63) is 18.2 Å². The quantitative estimate of drug-likeness (QED) is 0.723. The molecule has 1 heterocycles. The number of hydrogen-bond donors (Lipinski definition) is 0. The highest BCUT2D eigenvalue weighted by molar-refractivity contribution is 5.77. The van der Waals surface area contributed by atoms with Crippen LogP contribution in [0.25, 0.3) is 0 Å². The van der Waals surface area contributed by atoms with Crippen LogP contribution in [0.5, 0.6) is 0 Å². The van der Waals surface area contributed by atoms with Crippen LogP contribution in [0.2, 0.25) is 0 Å². The Hall–Kier alpha value is -1.87. The summed E-state index contributed by atoms with van der Waals surface area (Å²) < 4.78 is 1.93. The second-order valence-corrected chi connectivity index (χ2v) is 4.35. The van der Waals surface area contributed by atoms with E-state index in [-0.39, 0.29) is 5.91 Å². The van der Waals surface area contributed by atoms with Gasteiger partial charge in [0.15, 0.2) is 0 Å². The first-order valence-corrected chi connectivity index (χ1v) is 5.80. The standard InChI is InChI=1S/C12H19N5O/c1-15(9-11-14-6-8-16(11)2)10-12(18)17(3)7-4-5-13/h6,8H,4,7,9-10H2,1-3H3. The molecule has 0 bridgehead atoms. The van der Waals surface area contributed by atoms with Gasteiger partial charge in [-0.3, -0.25) is 9.69 Å². The van der Waals surface area contributed by atoms with Crippen molar-refractivity contribution in [1.82, 2.24) is 19.4 Å². The van der Waals surface area contributed by atoms with Crippen molar-refractivity contribution in [3.63, 3.8) is 0 Å². The molecule has 1 amide bonds. The first kappa shape index (κ1) is 14.2. The number of imidazole rings is 1. The van der Waals surface area contributed by atoms with Gasteiger partial charge >= 0.3 is 0 Å². The van der Waals surface area contributed by atoms with Crippen molar-refractivity contribution < 1.29 is 4.79 Å². The molecule has 0 N–H and O–H groups in total. The van der Waals surface area contributed by atoms with Gasteiger partial charge in [-0.2, -0.15) is 5.26 Å². The maximum Gasteiger partial charge on any atom is 0.236 e. The molecule has 6 nitrogen and oxygen atoms in total. The van der Waals surface area contributed by atoms with Crippen LogP contribution in [0.4, 0.5) is 0 Å². The summed E-state index contributed by atoms with van der Waals surface area (Å²) in [6.45, 7) is 1.43. The van der Waals surface area contributed by atoms with Gasteiger partial charge in [-0.25, -0.2) is 4.98 Å². The van der Waals surface area contributed by atoms with Crippen molar-refractivity contribution in [2.75, 3.05) is 27.2 Å². The summed E-state index contributed by atoms with van der Waals surface area (Å²) in [4.78, 5) is 19.5. The molecular formula is C12H19N5O. The summed E-state index contributed by atoms with van der Waals surface area (Å²) in [5.41, 5.74) is 0. The van der Waals surface area contributed by atoms with Crippen LogP contribution in [0, 0.1) is 11.3 Å². The summed E-state index contributed by atoms with van der Waals surface area (Å²) in [5.74, 6) is 0.937. The zero-order chi connectivity index (χ0) is 13.5. The van der Waals surface area contributed by atoms with Crippen molar-refractivity contribution in [2.24, 2.45) is 7.05 Å². The van der Waals surface area contributed by atoms with E-state index in [0.29, 0.717) is 26.1 Å². The van der Waals surface area contributed by atoms with Crippen LogP contribution >= 0.6 is 0 Å². The molecule has 0 saturated heterocycles. The number of aryl methyl sites for hydroxylation is 1. The summed E-state index contributed by atoms with van der Waals surface area (Å²) in [5, 5.41) is 8.47. The first-order valence-electron chi connectivity index (χ1n) is 5.80. The number of nitrogens with zero attached hydrogens (tertiary/aromatic N) is 5. The molecular weight excluding hydrogens is 230 g/mol. The largest absolute Gasteiger partial charge is 0.344 e. The van der Waals surface area contributed by atoms with E-state index in [2.05, 4.69) is 4.98 Å². The van der Waals surface area contributed by atoms with Crippen LogP contribution in [0.15, 0.2) is 12.4 Å². The highest BCUT2D eigenvalue weighted by Crippen LogP contribution is 2.00. The fourth-order valence-corrected chi connectivity index (χ4v) is 1.54. The van der Waals surface area contributed by atoms with Crippen molar-refractivity contribution >= 4 is 5.91 Å². The van der Waals surface area contributed by atoms with Gasteiger partial charge in [-0.15, -0.1) is 0 Å². The minimum atomic E-state index is 0.0157. The average molecular weight is 249 g/mol. The lowest BCUT2D eigenvalue weighted by Crippen LogP contribution is -2.37. The zero-order valence-corrected chi connectivity index (χ0v) is 11.1. The molecule has 0 radical (unpaired) electrons. The van der Waals surface area contributed by atoms with Crippen LogP contribution in [0.3, 0.4) is 0 Å². The van der Waals surface area contributed by atoms with Crippen LogP contribution in [-0.2, 0) is 18.4 Å². The monoisotopic (exact) mass is 249 g/mol. The van der Waals surface area contributed by atoms with Gasteiger partial charge in [0, 0.05) is 33.0 Å². The molecule has 18 heavy (non-hydrogen) atoms. The number of carbonyl (C=O) groups is 1. The Bertz CT molecular complexity index is 434. The van der Waals surface area contributed by atoms with Crippen molar-refractivity contribution in [3.8, 4) is 6.07 Å². The van der Waals surface area contributed by atoms with Gasteiger partial charge in [0.25, 0.3) is 0 Å². The lowest BCUT2D eigenvalue weighted by Gasteiger charge is -2.20. The van der Waals surface area contributed by atoms with E-state index in [0.717, 1.165) is 5.82 Å². The summed E-state index contributed by atoms with van der Waals surface area (Å²) >= 11 is 0. The van der Waals surface area contributed by atoms with E-state index < -0.39 is 0 Å². The minimum Gasteiger partial charge on any atom is -0.344 e. The molecule has 0 aromatic carbocycles. The van der Waals surface area contributed by atoms with E-state index in [1.165, 1.54) is 0 Å². The van der Waals surface area contributed by atoms with E-state index >= 15 is 0 Å². The van der Waals surface area contributed by atoms with Gasteiger partial charge in [-0.05, 0) is 7.05 Å². The molecule has 0 aliphatic rings. The number of likely N-dealkylation sites (N-methyl/N-ethyl adjacent to an activating group) is 2. The Balaban J connectivity index is 2.40. The van der Waals surface area contributed by atoms with Crippen LogP contribution in [0.1, 0.15) is 12.2 Å². The number of aromatic nitrogens is 2. The third-order valence-electron chi connectivity index (χ3n) is 2.72. The molecule has 0 fully saturated rings. The normalized spacial score (nSPS) is 10.4. The summed E-state index contributed by atoms with van der Waals surface area (Å²) in [7, 11) is 5.52. The number of amides is 1. The molecule has 0 unspecified atom stereocenters. The minimum absolute atomic E-state index is 0.0157. The first-order chi connectivity index (χ1) is 8.54. The third kappa shape index (κ3) is 4.18. The average Bonchev–Trinajstić information content (AvgIpc) is 2.71. The van der Waals surface area contributed by atoms with E-state index in [9.17, 15) is 4.79 Å². The fraction of sp³-hybridized carbons (Fsp3) is 0.583. The summed E-state index contributed by atoms with van der Waals surface area (Å²) in [6, 6.07) is 2.03. The van der Waals surface area contributed by atoms with Gasteiger partial charge in [0.2, 0.25) is 5.91 Å². The number of rotatable bonds is 6. The molecule has 0 spiro atoms. The second-order valence-electron chi connectivity index (χ2n) is 4.35. The van der Waals surface area contributed by atoms with Gasteiger partial charge in [0.05, 0.1) is 25.6 Å². The zero-order valence-electron chi connectivity index (χ0n) is 11.1. The molecule has 0 atom stereocenters. The maximum absolute atomic E-state index is 11.8. The Labute approximate surface area is 107 Å². The molecule has 0 aliphatic heterocycles. The van der Waals surface area contributed by atoms with Crippen molar-refractivity contribution in [2.45, 2.75) is 13.0 Å². The van der Waals surface area contributed by atoms with E-state index in [1.54, 1.807) is 18.1 Å². The third-order valence-corrected chi connectivity index (χ3v) is 2.72. The fourth-order valence-electron chi connectivity index (χ4n) is 1.54. The van der Waals surface area contributed by atoms with Gasteiger partial charge in [0.1, 0.15) is 5.82 Å². The lowest BCUT2D eigenvalue weighted by atomic mass is 10.4. The number of nitriles is 1. The van der Waals surface area contributed by atoms with E-state index in [4.69, 9.17) is 5.26 Å². The molecule has 0 saturated carbocycles. The second kappa shape index (κ2) is 6.77. The molecule has 1 aromatic heterocycles. The number of carbonyl (C=O) groups excluding carboxylic acids is 1. The summed E-state index contributed by atoms with van der Waals surface area (Å²) in [6.07, 6.45) is 3.99. The number of hydrogen-bond acceptors (Lipinski definition) is 4. The van der Waals surface area contributed by atoms with Crippen LogP contribution < -0.4 is 0 Å².